The maximum Gasteiger partial charge on any atom is 0.353 e. The Balaban J connectivity index is 1.68. The molecule has 7 nitrogen and oxygen atoms in total. The van der Waals surface area contributed by atoms with E-state index < -0.39 is 33.7 Å². The third kappa shape index (κ3) is 3.56. The quantitative estimate of drug-likeness (QED) is 0.517. The van der Waals surface area contributed by atoms with Gasteiger partial charge in [0, 0.05) is 15.9 Å². The number of hydrogen-bond acceptors (Lipinski definition) is 7. The summed E-state index contributed by atoms with van der Waals surface area (Å²) in [6.45, 7) is 1.65. The summed E-state index contributed by atoms with van der Waals surface area (Å²) in [5.74, 6) is -1.28. The number of thioether (sulfide) groups is 2. The van der Waals surface area contributed by atoms with Crippen molar-refractivity contribution >= 4 is 35.4 Å². The molecule has 1 unspecified atom stereocenters. The Hall–Kier alpha value is -3.27. The fourth-order valence-electron chi connectivity index (χ4n) is 4.28. The molecule has 0 radical (unpaired) electrons. The van der Waals surface area contributed by atoms with E-state index in [9.17, 15) is 19.5 Å². The lowest BCUT2D eigenvalue weighted by Crippen LogP contribution is -2.75. The number of rotatable bonds is 5. The van der Waals surface area contributed by atoms with Crippen molar-refractivity contribution in [2.45, 2.75) is 28.0 Å². The Morgan fingerprint density at radius 2 is 1.74 bits per heavy atom. The van der Waals surface area contributed by atoms with Crippen LogP contribution in [0.5, 0.6) is 0 Å². The molecule has 2 aromatic carbocycles. The van der Waals surface area contributed by atoms with Crippen LogP contribution in [0.25, 0.3) is 0 Å². The van der Waals surface area contributed by atoms with E-state index in [2.05, 4.69) is 0 Å². The molecule has 3 aromatic rings. The number of fused-ring (bicyclic) bond motifs is 1. The molecule has 5 rings (SSSR count). The second kappa shape index (κ2) is 8.50. The number of aryl methyl sites for hydroxylation is 1. The fourth-order valence-corrected chi connectivity index (χ4v) is 7.33. The first-order valence-electron chi connectivity index (χ1n) is 10.5. The maximum absolute atomic E-state index is 13.4. The summed E-state index contributed by atoms with van der Waals surface area (Å²) in [5, 5.41) is 9.23. The maximum atomic E-state index is 13.4. The molecule has 9 heteroatoms. The Labute approximate surface area is 203 Å². The van der Waals surface area contributed by atoms with Crippen LogP contribution in [0.2, 0.25) is 0 Å². The number of hydrogen-bond donors (Lipinski definition) is 2. The Kier molecular flexibility index (Phi) is 5.63. The summed E-state index contributed by atoms with van der Waals surface area (Å²) in [4.78, 5) is 40.2. The van der Waals surface area contributed by atoms with Crippen molar-refractivity contribution in [3.63, 3.8) is 0 Å². The van der Waals surface area contributed by atoms with Gasteiger partial charge in [0.15, 0.2) is 5.54 Å². The van der Waals surface area contributed by atoms with Gasteiger partial charge in [0.25, 0.3) is 5.91 Å². The number of carbonyl (C=O) groups excluding carboxylic acids is 1. The van der Waals surface area contributed by atoms with Crippen molar-refractivity contribution in [2.75, 3.05) is 0 Å². The second-order valence-corrected chi connectivity index (χ2v) is 10.3. The molecule has 2 aliphatic heterocycles. The highest BCUT2D eigenvalue weighted by atomic mass is 32.2. The molecule has 1 saturated heterocycles. The van der Waals surface area contributed by atoms with Crippen molar-refractivity contribution in [1.29, 1.82) is 0 Å². The van der Waals surface area contributed by atoms with E-state index in [0.717, 1.165) is 17.3 Å². The van der Waals surface area contributed by atoms with Crippen LogP contribution in [-0.2, 0) is 15.1 Å². The lowest BCUT2D eigenvalue weighted by molar-refractivity contribution is -0.155. The van der Waals surface area contributed by atoms with Gasteiger partial charge in [0.05, 0.1) is 5.25 Å². The minimum Gasteiger partial charge on any atom is -0.477 e. The molecule has 1 aromatic heterocycles. The van der Waals surface area contributed by atoms with E-state index in [1.54, 1.807) is 37.3 Å². The number of aliphatic carboxylic acids is 1. The predicted molar refractivity (Wildman–Crippen MR) is 130 cm³/mol. The molecule has 3 atom stereocenters. The molecular formula is C25H20N2O5S2. The number of β-lactam (4-membered cyclic amide) rings is 1. The Morgan fingerprint density at radius 1 is 1.09 bits per heavy atom. The van der Waals surface area contributed by atoms with Crippen LogP contribution in [-0.4, -0.2) is 27.3 Å². The molecule has 34 heavy (non-hydrogen) atoms. The minimum atomic E-state index is -1.35. The molecule has 1 fully saturated rings. The van der Waals surface area contributed by atoms with Gasteiger partial charge >= 0.3 is 11.6 Å². The lowest BCUT2D eigenvalue weighted by atomic mass is 9.81. The van der Waals surface area contributed by atoms with Gasteiger partial charge in [-0.25, -0.2) is 9.59 Å². The van der Waals surface area contributed by atoms with Crippen LogP contribution in [0.4, 0.5) is 0 Å². The monoisotopic (exact) mass is 492 g/mol. The number of carbonyl (C=O) groups is 2. The standard InChI is InChI=1S/C25H20N2O5S2/c1-14-12-17(13-18(28)32-14)33-21-19(22(29)30)27-23(31)25(26,16-10-6-3-7-11-16)24(27)34-20(21)15-8-4-2-5-9-15/h2-13,20,24H,26H2,1H3,(H,29,30)/t20?,24-,25+/m0/s1. The highest BCUT2D eigenvalue weighted by Gasteiger charge is 2.65. The van der Waals surface area contributed by atoms with Gasteiger partial charge in [0.2, 0.25) is 0 Å². The molecule has 0 bridgehead atoms. The van der Waals surface area contributed by atoms with Crippen molar-refractivity contribution in [2.24, 2.45) is 5.73 Å². The van der Waals surface area contributed by atoms with Crippen LogP contribution >= 0.6 is 23.5 Å². The van der Waals surface area contributed by atoms with Gasteiger partial charge in [-0.1, -0.05) is 72.4 Å². The number of benzene rings is 2. The highest BCUT2D eigenvalue weighted by molar-refractivity contribution is 8.06. The van der Waals surface area contributed by atoms with Gasteiger partial charge < -0.3 is 15.3 Å². The smallest absolute Gasteiger partial charge is 0.353 e. The van der Waals surface area contributed by atoms with Gasteiger partial charge in [0.1, 0.15) is 16.8 Å². The second-order valence-electron chi connectivity index (χ2n) is 8.03. The van der Waals surface area contributed by atoms with E-state index in [-0.39, 0.29) is 5.70 Å². The molecule has 3 N–H and O–H groups in total. The van der Waals surface area contributed by atoms with Crippen molar-refractivity contribution in [3.05, 3.63) is 111 Å². The first-order valence-corrected chi connectivity index (χ1v) is 12.2. The molecule has 1 amide bonds. The van der Waals surface area contributed by atoms with Crippen molar-refractivity contribution < 1.29 is 19.1 Å². The summed E-state index contributed by atoms with van der Waals surface area (Å²) in [5.41, 5.74) is 6.20. The summed E-state index contributed by atoms with van der Waals surface area (Å²) in [6.07, 6.45) is 0. The van der Waals surface area contributed by atoms with Gasteiger partial charge in [-0.2, -0.15) is 0 Å². The lowest BCUT2D eigenvalue weighted by Gasteiger charge is -2.57. The third-order valence-electron chi connectivity index (χ3n) is 5.83. The van der Waals surface area contributed by atoms with Crippen LogP contribution in [0, 0.1) is 6.92 Å². The minimum absolute atomic E-state index is 0.115. The molecule has 0 aliphatic carbocycles. The van der Waals surface area contributed by atoms with Gasteiger partial charge in [-0.05, 0) is 24.1 Å². The SMILES string of the molecule is Cc1cc(SC2=C(C(=O)O)N3C(=O)[C@](N)(c4ccccc4)[C@@H]3SC2c2ccccc2)cc(=O)o1. The average Bonchev–Trinajstić information content (AvgIpc) is 2.83. The third-order valence-corrected chi connectivity index (χ3v) is 8.72. The number of carboxylic acids is 1. The zero-order valence-corrected chi connectivity index (χ0v) is 19.6. The molecule has 2 aliphatic rings. The molecule has 0 saturated carbocycles. The number of carboxylic acid groups (broad SMARTS) is 1. The number of nitrogens with two attached hydrogens (primary N) is 1. The first-order chi connectivity index (χ1) is 16.3. The zero-order valence-electron chi connectivity index (χ0n) is 18.0. The number of nitrogens with zero attached hydrogens (tertiary/aromatic N) is 1. The molecular weight excluding hydrogens is 472 g/mol. The van der Waals surface area contributed by atoms with Crippen LogP contribution in [0.1, 0.15) is 22.1 Å². The normalized spacial score (nSPS) is 23.9. The van der Waals surface area contributed by atoms with Crippen molar-refractivity contribution in [3.8, 4) is 0 Å². The Morgan fingerprint density at radius 3 is 2.35 bits per heavy atom. The topological polar surface area (TPSA) is 114 Å². The average molecular weight is 493 g/mol. The van der Waals surface area contributed by atoms with Crippen LogP contribution in [0.15, 0.2) is 97.5 Å². The van der Waals surface area contributed by atoms with E-state index >= 15 is 0 Å². The van der Waals surface area contributed by atoms with E-state index in [1.165, 1.54) is 22.7 Å². The fraction of sp³-hybridized carbons (Fsp3) is 0.160. The summed E-state index contributed by atoms with van der Waals surface area (Å²) < 4.78 is 5.05. The van der Waals surface area contributed by atoms with Crippen LogP contribution < -0.4 is 11.4 Å². The van der Waals surface area contributed by atoms with Crippen LogP contribution in [0.3, 0.4) is 0 Å². The number of amides is 1. The molecule has 0 spiro atoms. The van der Waals surface area contributed by atoms with E-state index in [4.69, 9.17) is 10.2 Å². The molecule has 172 valence electrons. The first kappa shape index (κ1) is 22.5. The van der Waals surface area contributed by atoms with Gasteiger partial charge in [-0.3, -0.25) is 9.69 Å². The summed E-state index contributed by atoms with van der Waals surface area (Å²) >= 11 is 2.59. The van der Waals surface area contributed by atoms with E-state index in [1.807, 2.05) is 36.4 Å². The van der Waals surface area contributed by atoms with E-state index in [0.29, 0.717) is 21.1 Å². The highest BCUT2D eigenvalue weighted by Crippen LogP contribution is 2.59. The predicted octanol–water partition coefficient (Wildman–Crippen LogP) is 3.85. The van der Waals surface area contributed by atoms with Crippen molar-refractivity contribution in [1.82, 2.24) is 4.90 Å². The Bertz CT molecular complexity index is 1370. The summed E-state index contributed by atoms with van der Waals surface area (Å²) in [6, 6.07) is 21.5. The summed E-state index contributed by atoms with van der Waals surface area (Å²) in [7, 11) is 0. The van der Waals surface area contributed by atoms with Gasteiger partial charge in [-0.15, -0.1) is 11.8 Å². The zero-order chi connectivity index (χ0) is 24.0. The molecule has 3 heterocycles. The largest absolute Gasteiger partial charge is 0.477 e.